The maximum Gasteiger partial charge on any atom is 0.224 e. The van der Waals surface area contributed by atoms with Crippen LogP contribution in [-0.2, 0) is 5.41 Å². The lowest BCUT2D eigenvalue weighted by Gasteiger charge is -2.27. The number of aromatic nitrogens is 4. The van der Waals surface area contributed by atoms with Crippen molar-refractivity contribution in [1.82, 2.24) is 19.3 Å². The number of ether oxygens (including phenoxy) is 1. The summed E-state index contributed by atoms with van der Waals surface area (Å²) >= 11 is 0. The van der Waals surface area contributed by atoms with E-state index in [-0.39, 0.29) is 17.2 Å². The molecule has 0 spiro atoms. The van der Waals surface area contributed by atoms with Crippen LogP contribution < -0.4 is 10.5 Å². The maximum absolute atomic E-state index is 9.94. The summed E-state index contributed by atoms with van der Waals surface area (Å²) in [7, 11) is 0. The predicted octanol–water partition coefficient (Wildman–Crippen LogP) is 3.92. The van der Waals surface area contributed by atoms with Crippen LogP contribution >= 0.6 is 0 Å². The normalized spacial score (nSPS) is 18.7. The van der Waals surface area contributed by atoms with E-state index in [1.807, 2.05) is 39.7 Å². The van der Waals surface area contributed by atoms with Gasteiger partial charge in [-0.25, -0.2) is 9.67 Å². The van der Waals surface area contributed by atoms with E-state index in [4.69, 9.17) is 15.6 Å². The molecule has 7 nitrogen and oxygen atoms in total. The number of imidazole rings is 1. The zero-order chi connectivity index (χ0) is 21.0. The minimum atomic E-state index is -0.308. The molecule has 0 saturated heterocycles. The van der Waals surface area contributed by atoms with E-state index in [2.05, 4.69) is 31.8 Å². The van der Waals surface area contributed by atoms with Gasteiger partial charge in [-0.05, 0) is 30.5 Å². The number of hydrogen-bond acceptors (Lipinski definition) is 5. The second-order valence-corrected chi connectivity index (χ2v) is 8.98. The monoisotopic (exact) mass is 400 g/mol. The first-order chi connectivity index (χ1) is 14.4. The van der Waals surface area contributed by atoms with Crippen molar-refractivity contribution in [3.05, 3.63) is 71.3 Å². The molecule has 2 aliphatic rings. The summed E-state index contributed by atoms with van der Waals surface area (Å²) in [6, 6.07) is 10.8. The molecule has 3 heterocycles. The minimum absolute atomic E-state index is 0.163. The molecule has 0 amide bonds. The van der Waals surface area contributed by atoms with Crippen LogP contribution in [0.4, 0.5) is 0 Å². The Hall–Kier alpha value is -3.53. The molecule has 1 saturated carbocycles. The first-order valence-corrected chi connectivity index (χ1v) is 10.2. The smallest absolute Gasteiger partial charge is 0.224 e. The van der Waals surface area contributed by atoms with Gasteiger partial charge >= 0.3 is 0 Å². The van der Waals surface area contributed by atoms with Crippen LogP contribution in [0.2, 0.25) is 0 Å². The highest BCUT2D eigenvalue weighted by molar-refractivity contribution is 5.57. The molecule has 1 aliphatic carbocycles. The molecule has 2 aromatic heterocycles. The van der Waals surface area contributed by atoms with Gasteiger partial charge in [-0.15, -0.1) is 0 Å². The Kier molecular flexibility index (Phi) is 4.00. The van der Waals surface area contributed by atoms with Gasteiger partial charge in [0, 0.05) is 23.5 Å². The topological polar surface area (TPSA) is 94.7 Å². The van der Waals surface area contributed by atoms with Crippen LogP contribution in [0.25, 0.3) is 5.69 Å². The Labute approximate surface area is 175 Å². The van der Waals surface area contributed by atoms with E-state index in [1.165, 1.54) is 0 Å². The molecular weight excluding hydrogens is 376 g/mol. The fourth-order valence-electron chi connectivity index (χ4n) is 4.06. The second-order valence-electron chi connectivity index (χ2n) is 8.98. The molecule has 30 heavy (non-hydrogen) atoms. The van der Waals surface area contributed by atoms with Gasteiger partial charge in [0.25, 0.3) is 0 Å². The lowest BCUT2D eigenvalue weighted by molar-refractivity contribution is 0.347. The van der Waals surface area contributed by atoms with Gasteiger partial charge in [0.15, 0.2) is 0 Å². The van der Waals surface area contributed by atoms with Crippen LogP contribution in [0.1, 0.15) is 62.4 Å². The molecular formula is C23H24N6O. The number of benzene rings is 1. The Morgan fingerprint density at radius 3 is 2.50 bits per heavy atom. The second kappa shape index (κ2) is 6.49. The van der Waals surface area contributed by atoms with Gasteiger partial charge < -0.3 is 15.0 Å². The molecule has 1 aromatic carbocycles. The summed E-state index contributed by atoms with van der Waals surface area (Å²) in [6.45, 7) is 6.42. The SMILES string of the molecule is CC(C)(C)c1nn(C2CC2)c2c1C(c1ccc(-n3ccnc3)cc1)C(C#N)=C(N)O2. The van der Waals surface area contributed by atoms with Gasteiger partial charge in [-0.1, -0.05) is 32.9 Å². The molecule has 3 aromatic rings. The molecule has 5 rings (SSSR count). The van der Waals surface area contributed by atoms with Crippen LogP contribution in [-0.4, -0.2) is 19.3 Å². The molecule has 152 valence electrons. The summed E-state index contributed by atoms with van der Waals surface area (Å²) in [5.41, 5.74) is 10.4. The summed E-state index contributed by atoms with van der Waals surface area (Å²) in [5, 5.41) is 14.9. The standard InChI is InChI=1S/C23H24N6O/c1-23(2,3)20-19-18(14-4-6-15(7-5-14)28-11-10-26-13-28)17(12-24)21(25)30-22(19)29(27-20)16-8-9-16/h4-7,10-11,13,16,18H,8-9,25H2,1-3H3. The zero-order valence-corrected chi connectivity index (χ0v) is 17.3. The van der Waals surface area contributed by atoms with Crippen molar-refractivity contribution in [2.75, 3.05) is 0 Å². The average molecular weight is 400 g/mol. The maximum atomic E-state index is 9.94. The Bertz CT molecular complexity index is 1170. The third-order valence-corrected chi connectivity index (χ3v) is 5.70. The van der Waals surface area contributed by atoms with Gasteiger partial charge in [-0.2, -0.15) is 10.4 Å². The summed E-state index contributed by atoms with van der Waals surface area (Å²) in [6.07, 6.45) is 7.58. The molecule has 0 bridgehead atoms. The number of rotatable bonds is 3. The number of hydrogen-bond donors (Lipinski definition) is 1. The lowest BCUT2D eigenvalue weighted by Crippen LogP contribution is -2.24. The summed E-state index contributed by atoms with van der Waals surface area (Å²) < 4.78 is 9.92. The van der Waals surface area contributed by atoms with E-state index in [9.17, 15) is 5.26 Å². The Balaban J connectivity index is 1.69. The molecule has 1 fully saturated rings. The molecule has 7 heteroatoms. The number of nitrogens with two attached hydrogens (primary N) is 1. The molecule has 0 radical (unpaired) electrons. The van der Waals surface area contributed by atoms with Crippen molar-refractivity contribution in [3.63, 3.8) is 0 Å². The summed E-state index contributed by atoms with van der Waals surface area (Å²) in [4.78, 5) is 4.11. The highest BCUT2D eigenvalue weighted by Crippen LogP contribution is 2.50. The lowest BCUT2D eigenvalue weighted by atomic mass is 9.79. The number of fused-ring (bicyclic) bond motifs is 1. The fraction of sp³-hybridized carbons (Fsp3) is 0.348. The molecule has 1 unspecified atom stereocenters. The number of nitrogens with zero attached hydrogens (tertiary/aromatic N) is 5. The third kappa shape index (κ3) is 2.88. The van der Waals surface area contributed by atoms with Gasteiger partial charge in [0.1, 0.15) is 11.6 Å². The van der Waals surface area contributed by atoms with Gasteiger partial charge in [-0.3, -0.25) is 0 Å². The zero-order valence-electron chi connectivity index (χ0n) is 17.3. The fourth-order valence-corrected chi connectivity index (χ4v) is 4.06. The predicted molar refractivity (Wildman–Crippen MR) is 112 cm³/mol. The molecule has 1 aliphatic heterocycles. The van der Waals surface area contributed by atoms with Crippen molar-refractivity contribution in [3.8, 4) is 17.6 Å². The van der Waals surface area contributed by atoms with Crippen molar-refractivity contribution in [2.24, 2.45) is 5.73 Å². The van der Waals surface area contributed by atoms with Crippen LogP contribution in [0, 0.1) is 11.3 Å². The third-order valence-electron chi connectivity index (χ3n) is 5.70. The summed E-state index contributed by atoms with van der Waals surface area (Å²) in [5.74, 6) is 0.538. The van der Waals surface area contributed by atoms with Gasteiger partial charge in [0.05, 0.1) is 29.5 Å². The van der Waals surface area contributed by atoms with Gasteiger partial charge in [0.2, 0.25) is 11.8 Å². The van der Waals surface area contributed by atoms with E-state index in [1.54, 1.807) is 12.5 Å². The van der Waals surface area contributed by atoms with Crippen molar-refractivity contribution < 1.29 is 4.74 Å². The number of nitriles is 1. The first kappa shape index (κ1) is 18.5. The molecule has 1 atom stereocenters. The van der Waals surface area contributed by atoms with Crippen LogP contribution in [0.15, 0.2) is 54.4 Å². The highest BCUT2D eigenvalue weighted by atomic mass is 16.5. The highest BCUT2D eigenvalue weighted by Gasteiger charge is 2.42. The van der Waals surface area contributed by atoms with E-state index in [0.29, 0.717) is 17.5 Å². The first-order valence-electron chi connectivity index (χ1n) is 10.2. The van der Waals surface area contributed by atoms with E-state index < -0.39 is 0 Å². The van der Waals surface area contributed by atoms with Crippen molar-refractivity contribution in [1.29, 1.82) is 5.26 Å². The Morgan fingerprint density at radius 1 is 1.20 bits per heavy atom. The van der Waals surface area contributed by atoms with Crippen molar-refractivity contribution >= 4 is 0 Å². The van der Waals surface area contributed by atoms with Crippen LogP contribution in [0.3, 0.4) is 0 Å². The van der Waals surface area contributed by atoms with Crippen molar-refractivity contribution in [2.45, 2.75) is 51.0 Å². The van der Waals surface area contributed by atoms with E-state index >= 15 is 0 Å². The largest absolute Gasteiger partial charge is 0.422 e. The average Bonchev–Trinajstić information content (AvgIpc) is 3.25. The Morgan fingerprint density at radius 2 is 1.93 bits per heavy atom. The minimum Gasteiger partial charge on any atom is -0.422 e. The molecule has 2 N–H and O–H groups in total. The number of allylic oxidation sites excluding steroid dienone is 1. The van der Waals surface area contributed by atoms with Crippen LogP contribution in [0.5, 0.6) is 5.88 Å². The van der Waals surface area contributed by atoms with E-state index in [0.717, 1.165) is 35.3 Å². The quantitative estimate of drug-likeness (QED) is 0.719.